The summed E-state index contributed by atoms with van der Waals surface area (Å²) in [4.78, 5) is 20.0. The highest BCUT2D eigenvalue weighted by atomic mass is 16.1. The molecule has 0 saturated heterocycles. The highest BCUT2D eigenvalue weighted by Crippen LogP contribution is 2.25. The second-order valence-electron chi connectivity index (χ2n) is 4.17. The number of nitrogens with zero attached hydrogens (tertiary/aromatic N) is 2. The van der Waals surface area contributed by atoms with Gasteiger partial charge in [-0.15, -0.1) is 0 Å². The minimum Gasteiger partial charge on any atom is -0.299 e. The molecule has 0 atom stereocenters. The number of rotatable bonds is 3. The zero-order valence-corrected chi connectivity index (χ0v) is 8.85. The normalized spacial score (nSPS) is 17.6. The quantitative estimate of drug-likeness (QED) is 0.757. The van der Waals surface area contributed by atoms with Gasteiger partial charge in [-0.2, -0.15) is 0 Å². The van der Waals surface area contributed by atoms with Gasteiger partial charge in [-0.25, -0.2) is 0 Å². The molecule has 0 amide bonds. The van der Waals surface area contributed by atoms with E-state index < -0.39 is 0 Å². The molecule has 2 rings (SSSR count). The van der Waals surface area contributed by atoms with Crippen LogP contribution in [-0.4, -0.2) is 15.8 Å². The van der Waals surface area contributed by atoms with E-state index in [9.17, 15) is 4.79 Å². The summed E-state index contributed by atoms with van der Waals surface area (Å²) in [7, 11) is 0. The van der Waals surface area contributed by atoms with E-state index in [1.54, 1.807) is 18.6 Å². The Morgan fingerprint density at radius 1 is 1.27 bits per heavy atom. The first-order valence-corrected chi connectivity index (χ1v) is 5.64. The molecule has 0 N–H and O–H groups in total. The summed E-state index contributed by atoms with van der Waals surface area (Å²) >= 11 is 0. The molecular weight excluding hydrogens is 188 g/mol. The lowest BCUT2D eigenvalue weighted by Gasteiger charge is -2.19. The summed E-state index contributed by atoms with van der Waals surface area (Å²) in [5, 5.41) is 0. The highest BCUT2D eigenvalue weighted by molar-refractivity contribution is 5.82. The number of ketones is 1. The summed E-state index contributed by atoms with van der Waals surface area (Å²) in [5.41, 5.74) is 0.799. The molecule has 1 fully saturated rings. The fraction of sp³-hybridized carbons (Fsp3) is 0.583. The van der Waals surface area contributed by atoms with Gasteiger partial charge in [0.2, 0.25) is 0 Å². The monoisotopic (exact) mass is 204 g/mol. The predicted octanol–water partition coefficient (Wildman–Crippen LogP) is 2.17. The molecule has 1 aliphatic carbocycles. The third-order valence-corrected chi connectivity index (χ3v) is 3.03. The Morgan fingerprint density at radius 3 is 2.73 bits per heavy atom. The summed E-state index contributed by atoms with van der Waals surface area (Å²) in [6, 6.07) is 0. The van der Waals surface area contributed by atoms with Crippen LogP contribution in [0.3, 0.4) is 0 Å². The molecule has 1 aliphatic rings. The molecule has 0 radical (unpaired) electrons. The number of aromatic nitrogens is 2. The van der Waals surface area contributed by atoms with Crippen LogP contribution in [0.2, 0.25) is 0 Å². The smallest absolute Gasteiger partial charge is 0.141 e. The minimum absolute atomic E-state index is 0.278. The van der Waals surface area contributed by atoms with Crippen molar-refractivity contribution in [2.24, 2.45) is 5.92 Å². The van der Waals surface area contributed by atoms with Crippen LogP contribution in [-0.2, 0) is 11.2 Å². The topological polar surface area (TPSA) is 42.9 Å². The molecule has 15 heavy (non-hydrogen) atoms. The van der Waals surface area contributed by atoms with E-state index in [0.717, 1.165) is 18.5 Å². The maximum Gasteiger partial charge on any atom is 0.141 e. The molecule has 3 nitrogen and oxygen atoms in total. The number of hydrogen-bond acceptors (Lipinski definition) is 3. The molecule has 3 heteroatoms. The highest BCUT2D eigenvalue weighted by Gasteiger charge is 2.21. The van der Waals surface area contributed by atoms with Gasteiger partial charge < -0.3 is 0 Å². The molecule has 0 bridgehead atoms. The summed E-state index contributed by atoms with van der Waals surface area (Å²) in [6.07, 6.45) is 11.2. The van der Waals surface area contributed by atoms with Crippen molar-refractivity contribution < 1.29 is 4.79 Å². The van der Waals surface area contributed by atoms with E-state index in [0.29, 0.717) is 12.2 Å². The fourth-order valence-corrected chi connectivity index (χ4v) is 2.17. The van der Waals surface area contributed by atoms with E-state index in [4.69, 9.17) is 0 Å². The second kappa shape index (κ2) is 5.01. The minimum atomic E-state index is 0.278. The first-order chi connectivity index (χ1) is 7.36. The lowest BCUT2D eigenvalue weighted by molar-refractivity contribution is -0.123. The van der Waals surface area contributed by atoms with E-state index in [1.807, 2.05) is 0 Å². The Labute approximate surface area is 89.9 Å². The SMILES string of the molecule is O=C(Cc1cnccn1)C1CCCCC1. The zero-order chi connectivity index (χ0) is 10.5. The predicted molar refractivity (Wildman–Crippen MR) is 57.3 cm³/mol. The first kappa shape index (κ1) is 10.3. The average Bonchev–Trinajstić information content (AvgIpc) is 2.31. The first-order valence-electron chi connectivity index (χ1n) is 5.64. The Bertz CT molecular complexity index is 318. The van der Waals surface area contributed by atoms with Crippen LogP contribution in [0.25, 0.3) is 0 Å². The van der Waals surface area contributed by atoms with E-state index in [-0.39, 0.29) is 5.92 Å². The van der Waals surface area contributed by atoms with Gasteiger partial charge in [0.1, 0.15) is 5.78 Å². The Morgan fingerprint density at radius 2 is 2.07 bits per heavy atom. The maximum absolute atomic E-state index is 11.9. The van der Waals surface area contributed by atoms with Gasteiger partial charge in [0.25, 0.3) is 0 Å². The van der Waals surface area contributed by atoms with Gasteiger partial charge in [0.15, 0.2) is 0 Å². The second-order valence-corrected chi connectivity index (χ2v) is 4.17. The lowest BCUT2D eigenvalue weighted by atomic mass is 9.85. The summed E-state index contributed by atoms with van der Waals surface area (Å²) in [6.45, 7) is 0. The van der Waals surface area contributed by atoms with Crippen molar-refractivity contribution in [3.63, 3.8) is 0 Å². The lowest BCUT2D eigenvalue weighted by Crippen LogP contribution is -2.20. The Kier molecular flexibility index (Phi) is 3.43. The molecule has 1 aromatic heterocycles. The van der Waals surface area contributed by atoms with Gasteiger partial charge >= 0.3 is 0 Å². The van der Waals surface area contributed by atoms with Crippen LogP contribution in [0.5, 0.6) is 0 Å². The van der Waals surface area contributed by atoms with Gasteiger partial charge in [0.05, 0.1) is 12.1 Å². The summed E-state index contributed by atoms with van der Waals surface area (Å²) in [5.74, 6) is 0.621. The third-order valence-electron chi connectivity index (χ3n) is 3.03. The molecule has 0 unspecified atom stereocenters. The van der Waals surface area contributed by atoms with E-state index >= 15 is 0 Å². The molecule has 1 heterocycles. The molecule has 1 saturated carbocycles. The van der Waals surface area contributed by atoms with Crippen LogP contribution in [0.4, 0.5) is 0 Å². The maximum atomic E-state index is 11.9. The molecule has 0 aromatic carbocycles. The molecular formula is C12H16N2O. The zero-order valence-electron chi connectivity index (χ0n) is 8.85. The fourth-order valence-electron chi connectivity index (χ4n) is 2.17. The van der Waals surface area contributed by atoms with Crippen LogP contribution in [0, 0.1) is 5.92 Å². The average molecular weight is 204 g/mol. The van der Waals surface area contributed by atoms with E-state index in [1.165, 1.54) is 19.3 Å². The van der Waals surface area contributed by atoms with Crippen LogP contribution < -0.4 is 0 Å². The Balaban J connectivity index is 1.91. The molecule has 1 aromatic rings. The van der Waals surface area contributed by atoms with Crippen LogP contribution >= 0.6 is 0 Å². The van der Waals surface area contributed by atoms with Gasteiger partial charge in [-0.05, 0) is 12.8 Å². The van der Waals surface area contributed by atoms with Crippen molar-refractivity contribution in [2.75, 3.05) is 0 Å². The van der Waals surface area contributed by atoms with Gasteiger partial charge in [-0.1, -0.05) is 19.3 Å². The van der Waals surface area contributed by atoms with Gasteiger partial charge in [0, 0.05) is 24.5 Å². The van der Waals surface area contributed by atoms with Gasteiger partial charge in [-0.3, -0.25) is 14.8 Å². The molecule has 80 valence electrons. The molecule has 0 aliphatic heterocycles. The number of hydrogen-bond donors (Lipinski definition) is 0. The van der Waals surface area contributed by atoms with Crippen molar-refractivity contribution >= 4 is 5.78 Å². The van der Waals surface area contributed by atoms with E-state index in [2.05, 4.69) is 9.97 Å². The van der Waals surface area contributed by atoms with Crippen molar-refractivity contribution in [1.82, 2.24) is 9.97 Å². The number of Topliss-reactive ketones (excluding diaryl/α,β-unsaturated/α-hetero) is 1. The number of carbonyl (C=O) groups excluding carboxylic acids is 1. The van der Waals surface area contributed by atoms with Crippen molar-refractivity contribution in [2.45, 2.75) is 38.5 Å². The summed E-state index contributed by atoms with van der Waals surface area (Å²) < 4.78 is 0. The van der Waals surface area contributed by atoms with Crippen LogP contribution in [0.15, 0.2) is 18.6 Å². The molecule has 0 spiro atoms. The number of carbonyl (C=O) groups is 1. The third kappa shape index (κ3) is 2.85. The van der Waals surface area contributed by atoms with Crippen molar-refractivity contribution in [3.05, 3.63) is 24.3 Å². The Hall–Kier alpha value is -1.25. The standard InChI is InChI=1S/C12H16N2O/c15-12(10-4-2-1-3-5-10)8-11-9-13-6-7-14-11/h6-7,9-10H,1-5,8H2. The van der Waals surface area contributed by atoms with Crippen LogP contribution in [0.1, 0.15) is 37.8 Å². The largest absolute Gasteiger partial charge is 0.299 e. The van der Waals surface area contributed by atoms with Crippen molar-refractivity contribution in [1.29, 1.82) is 0 Å². The van der Waals surface area contributed by atoms with Crippen molar-refractivity contribution in [3.8, 4) is 0 Å².